The van der Waals surface area contributed by atoms with Crippen LogP contribution in [0.25, 0.3) is 0 Å². The normalized spacial score (nSPS) is 15.0. The Bertz CT molecular complexity index is 492. The number of pyridine rings is 1. The van der Waals surface area contributed by atoms with Gasteiger partial charge in [-0.3, -0.25) is 4.79 Å². The van der Waals surface area contributed by atoms with Crippen LogP contribution in [0.15, 0.2) is 12.1 Å². The molecule has 0 bridgehead atoms. The van der Waals surface area contributed by atoms with Gasteiger partial charge >= 0.3 is 0 Å². The minimum Gasteiger partial charge on any atom is -0.370 e. The van der Waals surface area contributed by atoms with Gasteiger partial charge in [-0.1, -0.05) is 6.92 Å². The van der Waals surface area contributed by atoms with Gasteiger partial charge in [-0.2, -0.15) is 0 Å². The van der Waals surface area contributed by atoms with E-state index in [9.17, 15) is 4.79 Å². The van der Waals surface area contributed by atoms with Gasteiger partial charge in [0.25, 0.3) is 5.91 Å². The number of anilines is 1. The molecule has 1 aromatic heterocycles. The van der Waals surface area contributed by atoms with Crippen molar-refractivity contribution in [1.82, 2.24) is 10.3 Å². The summed E-state index contributed by atoms with van der Waals surface area (Å²) in [5, 5.41) is 6.39. The van der Waals surface area contributed by atoms with Crippen molar-refractivity contribution in [2.45, 2.75) is 52.5 Å². The third-order valence-electron chi connectivity index (χ3n) is 3.81. The van der Waals surface area contributed by atoms with Crippen LogP contribution >= 0.6 is 0 Å². The van der Waals surface area contributed by atoms with Crippen LogP contribution in [0.1, 0.15) is 56.1 Å². The molecule has 110 valence electrons. The van der Waals surface area contributed by atoms with Crippen molar-refractivity contribution >= 4 is 11.7 Å². The second-order valence-corrected chi connectivity index (χ2v) is 6.26. The van der Waals surface area contributed by atoms with Crippen LogP contribution in [0, 0.1) is 12.8 Å². The molecule has 1 aromatic rings. The highest BCUT2D eigenvalue weighted by atomic mass is 16.1. The lowest BCUT2D eigenvalue weighted by Gasteiger charge is -2.26. The Labute approximate surface area is 121 Å². The van der Waals surface area contributed by atoms with Gasteiger partial charge in [-0.25, -0.2) is 4.98 Å². The smallest absolute Gasteiger partial charge is 0.251 e. The lowest BCUT2D eigenvalue weighted by molar-refractivity contribution is 0.0903. The fourth-order valence-corrected chi connectivity index (χ4v) is 2.42. The molecule has 4 heteroatoms. The van der Waals surface area contributed by atoms with Gasteiger partial charge in [0, 0.05) is 23.3 Å². The van der Waals surface area contributed by atoms with Gasteiger partial charge in [0.15, 0.2) is 0 Å². The molecule has 0 atom stereocenters. The van der Waals surface area contributed by atoms with Crippen LogP contribution in [0.5, 0.6) is 0 Å². The highest BCUT2D eigenvalue weighted by molar-refractivity contribution is 5.95. The summed E-state index contributed by atoms with van der Waals surface area (Å²) in [4.78, 5) is 16.8. The molecule has 1 saturated carbocycles. The lowest BCUT2D eigenvalue weighted by Crippen LogP contribution is -2.45. The van der Waals surface area contributed by atoms with E-state index < -0.39 is 0 Å². The molecule has 1 amide bonds. The number of aromatic nitrogens is 1. The molecule has 4 nitrogen and oxygen atoms in total. The van der Waals surface area contributed by atoms with Crippen LogP contribution in [0.2, 0.25) is 0 Å². The van der Waals surface area contributed by atoms with E-state index in [2.05, 4.69) is 36.4 Å². The van der Waals surface area contributed by atoms with Gasteiger partial charge in [0.1, 0.15) is 5.82 Å². The maximum absolute atomic E-state index is 12.4. The zero-order valence-corrected chi connectivity index (χ0v) is 12.9. The monoisotopic (exact) mass is 275 g/mol. The third-order valence-corrected chi connectivity index (χ3v) is 3.81. The molecule has 2 N–H and O–H groups in total. The first-order valence-electron chi connectivity index (χ1n) is 7.47. The Morgan fingerprint density at radius 1 is 1.40 bits per heavy atom. The fourth-order valence-electron chi connectivity index (χ4n) is 2.42. The molecule has 1 aliphatic carbocycles. The number of hydrogen-bond donors (Lipinski definition) is 2. The van der Waals surface area contributed by atoms with Crippen molar-refractivity contribution in [2.75, 3.05) is 11.9 Å². The summed E-state index contributed by atoms with van der Waals surface area (Å²) in [6.07, 6.45) is 3.46. The summed E-state index contributed by atoms with van der Waals surface area (Å²) >= 11 is 0. The van der Waals surface area contributed by atoms with Crippen molar-refractivity contribution in [1.29, 1.82) is 0 Å². The highest BCUT2D eigenvalue weighted by Crippen LogP contribution is 2.39. The topological polar surface area (TPSA) is 54.0 Å². The van der Waals surface area contributed by atoms with Crippen LogP contribution in [-0.4, -0.2) is 23.0 Å². The molecule has 1 heterocycles. The van der Waals surface area contributed by atoms with Gasteiger partial charge in [-0.15, -0.1) is 0 Å². The maximum atomic E-state index is 12.4. The molecular formula is C16H25N3O. The Balaban J connectivity index is 2.10. The molecule has 0 aromatic carbocycles. The Kier molecular flexibility index (Phi) is 4.31. The zero-order chi connectivity index (χ0) is 14.8. The number of hydrogen-bond acceptors (Lipinski definition) is 3. The molecule has 2 rings (SSSR count). The Hall–Kier alpha value is -1.58. The average molecular weight is 275 g/mol. The van der Waals surface area contributed by atoms with Crippen LogP contribution < -0.4 is 10.6 Å². The van der Waals surface area contributed by atoms with Crippen molar-refractivity contribution in [2.24, 2.45) is 5.92 Å². The molecule has 0 radical (unpaired) electrons. The maximum Gasteiger partial charge on any atom is 0.251 e. The number of carbonyl (C=O) groups excluding carboxylic acids is 1. The van der Waals surface area contributed by atoms with E-state index in [0.29, 0.717) is 11.5 Å². The van der Waals surface area contributed by atoms with Gasteiger partial charge in [-0.05, 0) is 58.1 Å². The molecule has 0 spiro atoms. The van der Waals surface area contributed by atoms with E-state index in [4.69, 9.17) is 0 Å². The lowest BCUT2D eigenvalue weighted by atomic mass is 9.98. The molecule has 1 aliphatic rings. The number of carbonyl (C=O) groups is 1. The van der Waals surface area contributed by atoms with Gasteiger partial charge < -0.3 is 10.6 Å². The minimum absolute atomic E-state index is 0.00746. The number of nitrogens with zero attached hydrogens (tertiary/aromatic N) is 1. The Morgan fingerprint density at radius 3 is 2.70 bits per heavy atom. The quantitative estimate of drug-likeness (QED) is 0.838. The molecule has 0 unspecified atom stereocenters. The summed E-state index contributed by atoms with van der Waals surface area (Å²) in [6.45, 7) is 9.10. The number of aryl methyl sites for hydroxylation is 1. The number of rotatable bonds is 6. The number of amides is 1. The van der Waals surface area contributed by atoms with Crippen LogP contribution in [0.3, 0.4) is 0 Å². The van der Waals surface area contributed by atoms with Crippen molar-refractivity contribution < 1.29 is 4.79 Å². The number of nitrogens with one attached hydrogen (secondary N) is 2. The Morgan fingerprint density at radius 2 is 2.10 bits per heavy atom. The zero-order valence-electron chi connectivity index (χ0n) is 12.9. The summed E-state index contributed by atoms with van der Waals surface area (Å²) in [5.41, 5.74) is 1.43. The third kappa shape index (κ3) is 3.71. The molecule has 0 aliphatic heterocycles. The highest BCUT2D eigenvalue weighted by Gasteiger charge is 2.38. The summed E-state index contributed by atoms with van der Waals surface area (Å²) in [5.74, 6) is 1.39. The van der Waals surface area contributed by atoms with E-state index in [0.717, 1.165) is 24.5 Å². The van der Waals surface area contributed by atoms with Crippen LogP contribution in [0.4, 0.5) is 5.82 Å². The first-order valence-corrected chi connectivity index (χ1v) is 7.47. The molecule has 1 fully saturated rings. The standard InChI is InChI=1S/C16H25N3O/c1-5-8-17-14-10-12(9-11(2)18-14)15(20)19-16(3,4)13-6-7-13/h9-10,13H,5-8H2,1-4H3,(H,17,18)(H,19,20). The predicted octanol–water partition coefficient (Wildman–Crippen LogP) is 3.13. The molecular weight excluding hydrogens is 250 g/mol. The first kappa shape index (κ1) is 14.8. The van der Waals surface area contributed by atoms with E-state index in [-0.39, 0.29) is 11.4 Å². The van der Waals surface area contributed by atoms with E-state index in [1.54, 1.807) is 0 Å². The van der Waals surface area contributed by atoms with Crippen LogP contribution in [-0.2, 0) is 0 Å². The van der Waals surface area contributed by atoms with Gasteiger partial charge in [0.2, 0.25) is 0 Å². The summed E-state index contributed by atoms with van der Waals surface area (Å²) < 4.78 is 0. The predicted molar refractivity (Wildman–Crippen MR) is 82.0 cm³/mol. The summed E-state index contributed by atoms with van der Waals surface area (Å²) in [6, 6.07) is 3.68. The second-order valence-electron chi connectivity index (χ2n) is 6.26. The minimum atomic E-state index is -0.120. The molecule has 0 saturated heterocycles. The fraction of sp³-hybridized carbons (Fsp3) is 0.625. The second kappa shape index (κ2) is 5.81. The van der Waals surface area contributed by atoms with Crippen molar-refractivity contribution in [3.8, 4) is 0 Å². The van der Waals surface area contributed by atoms with E-state index >= 15 is 0 Å². The van der Waals surface area contributed by atoms with E-state index in [1.807, 2.05) is 19.1 Å². The van der Waals surface area contributed by atoms with Gasteiger partial charge in [0.05, 0.1) is 0 Å². The summed E-state index contributed by atoms with van der Waals surface area (Å²) in [7, 11) is 0. The molecule has 20 heavy (non-hydrogen) atoms. The first-order chi connectivity index (χ1) is 9.42. The van der Waals surface area contributed by atoms with E-state index in [1.165, 1.54) is 12.8 Å². The largest absolute Gasteiger partial charge is 0.370 e. The van der Waals surface area contributed by atoms with Crippen molar-refractivity contribution in [3.05, 3.63) is 23.4 Å². The average Bonchev–Trinajstić information content (AvgIpc) is 3.19. The van der Waals surface area contributed by atoms with Crippen molar-refractivity contribution in [3.63, 3.8) is 0 Å². The SMILES string of the molecule is CCCNc1cc(C(=O)NC(C)(C)C2CC2)cc(C)n1.